The van der Waals surface area contributed by atoms with Gasteiger partial charge in [-0.05, 0) is 53.5 Å². The fourth-order valence-electron chi connectivity index (χ4n) is 2.50. The van der Waals surface area contributed by atoms with Gasteiger partial charge in [-0.15, -0.1) is 0 Å². The molecule has 5 heteroatoms. The van der Waals surface area contributed by atoms with Crippen LogP contribution in [0.4, 0.5) is 0 Å². The predicted molar refractivity (Wildman–Crippen MR) is 92.1 cm³/mol. The fraction of sp³-hybridized carbons (Fsp3) is 0.438. The van der Waals surface area contributed by atoms with Crippen LogP contribution in [-0.4, -0.2) is 22.9 Å². The average Bonchev–Trinajstić information content (AvgIpc) is 2.70. The first-order valence-corrected chi connectivity index (χ1v) is 8.34. The molecule has 0 aliphatic carbocycles. The Morgan fingerprint density at radius 1 is 1.33 bits per heavy atom. The van der Waals surface area contributed by atoms with Gasteiger partial charge < -0.3 is 5.32 Å². The van der Waals surface area contributed by atoms with E-state index in [0.717, 1.165) is 34.7 Å². The first kappa shape index (κ1) is 16.5. The lowest BCUT2D eigenvalue weighted by Gasteiger charge is -2.18. The highest BCUT2D eigenvalue weighted by atomic mass is 79.9. The van der Waals surface area contributed by atoms with E-state index in [4.69, 9.17) is 11.6 Å². The number of likely N-dealkylation sites (N-methyl/N-ethyl adjacent to an activating group) is 1. The molecule has 0 bridgehead atoms. The molecule has 3 nitrogen and oxygen atoms in total. The monoisotopic (exact) mass is 369 g/mol. The maximum Gasteiger partial charge on any atom is 0.0738 e. The molecule has 1 aromatic heterocycles. The summed E-state index contributed by atoms with van der Waals surface area (Å²) < 4.78 is 3.08. The minimum Gasteiger partial charge on any atom is -0.316 e. The Bertz CT molecular complexity index is 592. The topological polar surface area (TPSA) is 29.9 Å². The van der Waals surface area contributed by atoms with Gasteiger partial charge in [-0.3, -0.25) is 4.68 Å². The van der Waals surface area contributed by atoms with E-state index < -0.39 is 0 Å². The van der Waals surface area contributed by atoms with Crippen LogP contribution in [0.1, 0.15) is 29.8 Å². The van der Waals surface area contributed by atoms with Crippen molar-refractivity contribution in [1.29, 1.82) is 0 Å². The molecule has 0 saturated heterocycles. The molecule has 2 rings (SSSR count). The van der Waals surface area contributed by atoms with Gasteiger partial charge in [-0.2, -0.15) is 5.10 Å². The number of benzene rings is 1. The van der Waals surface area contributed by atoms with E-state index in [1.54, 1.807) is 0 Å². The highest BCUT2D eigenvalue weighted by Crippen LogP contribution is 2.27. The van der Waals surface area contributed by atoms with Crippen molar-refractivity contribution < 1.29 is 0 Å². The van der Waals surface area contributed by atoms with Crippen LogP contribution in [0.3, 0.4) is 0 Å². The van der Waals surface area contributed by atoms with Crippen LogP contribution in [0.2, 0.25) is 5.02 Å². The smallest absolute Gasteiger partial charge is 0.0738 e. The van der Waals surface area contributed by atoms with Crippen LogP contribution in [0.25, 0.3) is 0 Å². The Morgan fingerprint density at radius 3 is 2.52 bits per heavy atom. The van der Waals surface area contributed by atoms with Gasteiger partial charge in [0.15, 0.2) is 0 Å². The molecule has 0 aliphatic heterocycles. The summed E-state index contributed by atoms with van der Waals surface area (Å²) >= 11 is 9.65. The molecule has 0 spiro atoms. The van der Waals surface area contributed by atoms with Crippen molar-refractivity contribution in [3.8, 4) is 0 Å². The van der Waals surface area contributed by atoms with E-state index in [1.807, 2.05) is 30.8 Å². The largest absolute Gasteiger partial charge is 0.316 e. The molecule has 0 aliphatic rings. The van der Waals surface area contributed by atoms with Gasteiger partial charge in [0, 0.05) is 24.5 Å². The van der Waals surface area contributed by atoms with E-state index in [9.17, 15) is 0 Å². The summed E-state index contributed by atoms with van der Waals surface area (Å²) in [5, 5.41) is 8.71. The molecule has 1 heterocycles. The number of rotatable bonds is 6. The second kappa shape index (κ2) is 7.43. The molecule has 0 fully saturated rings. The molecule has 0 radical (unpaired) electrons. The lowest BCUT2D eigenvalue weighted by atomic mass is 9.94. The third-order valence-corrected chi connectivity index (χ3v) is 4.97. The van der Waals surface area contributed by atoms with Gasteiger partial charge in [-0.1, -0.05) is 30.7 Å². The standard InChI is InChI=1S/C16H21BrClN3/c1-4-19-10-13(12-5-7-14(18)8-6-12)9-15-16(17)11(2)20-21(15)3/h5-8,13,19H,4,9-10H2,1-3H3. The summed E-state index contributed by atoms with van der Waals surface area (Å²) in [4.78, 5) is 0. The highest BCUT2D eigenvalue weighted by Gasteiger charge is 2.18. The predicted octanol–water partition coefficient (Wildman–Crippen LogP) is 4.08. The van der Waals surface area contributed by atoms with Gasteiger partial charge in [0.2, 0.25) is 0 Å². The van der Waals surface area contributed by atoms with Crippen molar-refractivity contribution in [2.24, 2.45) is 7.05 Å². The number of nitrogens with zero attached hydrogens (tertiary/aromatic N) is 2. The van der Waals surface area contributed by atoms with Crippen molar-refractivity contribution in [2.75, 3.05) is 13.1 Å². The van der Waals surface area contributed by atoms with Gasteiger partial charge in [0.1, 0.15) is 0 Å². The Labute approximate surface area is 139 Å². The van der Waals surface area contributed by atoms with Crippen LogP contribution in [0.15, 0.2) is 28.7 Å². The van der Waals surface area contributed by atoms with E-state index in [2.05, 4.69) is 45.4 Å². The fourth-order valence-corrected chi connectivity index (χ4v) is 3.12. The lowest BCUT2D eigenvalue weighted by Crippen LogP contribution is -2.23. The van der Waals surface area contributed by atoms with E-state index in [-0.39, 0.29) is 0 Å². The van der Waals surface area contributed by atoms with Crippen LogP contribution >= 0.6 is 27.5 Å². The van der Waals surface area contributed by atoms with Crippen LogP contribution in [-0.2, 0) is 13.5 Å². The summed E-state index contributed by atoms with van der Waals surface area (Å²) in [5.74, 6) is 0.397. The normalized spacial score (nSPS) is 12.6. The maximum atomic E-state index is 6.00. The number of aryl methyl sites for hydroxylation is 2. The number of aromatic nitrogens is 2. The quantitative estimate of drug-likeness (QED) is 0.830. The molecule has 2 aromatic rings. The SMILES string of the molecule is CCNCC(Cc1c(Br)c(C)nn1C)c1ccc(Cl)cc1. The Balaban J connectivity index is 2.25. The van der Waals surface area contributed by atoms with Crippen LogP contribution in [0.5, 0.6) is 0 Å². The Hall–Kier alpha value is -0.840. The lowest BCUT2D eigenvalue weighted by molar-refractivity contribution is 0.569. The summed E-state index contributed by atoms with van der Waals surface area (Å²) in [6.07, 6.45) is 0.937. The zero-order valence-corrected chi connectivity index (χ0v) is 15.0. The second-order valence-corrected chi connectivity index (χ2v) is 6.46. The molecular formula is C16H21BrClN3. The molecule has 1 unspecified atom stereocenters. The van der Waals surface area contributed by atoms with Gasteiger partial charge in [0.05, 0.1) is 15.9 Å². The van der Waals surface area contributed by atoms with Crippen LogP contribution < -0.4 is 5.32 Å². The summed E-state index contributed by atoms with van der Waals surface area (Å²) in [5.41, 5.74) is 3.56. The van der Waals surface area contributed by atoms with Crippen molar-refractivity contribution >= 4 is 27.5 Å². The Kier molecular flexibility index (Phi) is 5.85. The van der Waals surface area contributed by atoms with E-state index >= 15 is 0 Å². The molecule has 1 aromatic carbocycles. The van der Waals surface area contributed by atoms with E-state index in [1.165, 1.54) is 11.3 Å². The maximum absolute atomic E-state index is 6.00. The van der Waals surface area contributed by atoms with E-state index in [0.29, 0.717) is 5.92 Å². The van der Waals surface area contributed by atoms with Gasteiger partial charge in [-0.25, -0.2) is 0 Å². The minimum atomic E-state index is 0.397. The zero-order chi connectivity index (χ0) is 15.4. The third kappa shape index (κ3) is 4.09. The van der Waals surface area contributed by atoms with Gasteiger partial charge >= 0.3 is 0 Å². The highest BCUT2D eigenvalue weighted by molar-refractivity contribution is 9.10. The number of nitrogens with one attached hydrogen (secondary N) is 1. The van der Waals surface area contributed by atoms with Crippen molar-refractivity contribution in [3.05, 3.63) is 50.7 Å². The minimum absolute atomic E-state index is 0.397. The first-order chi connectivity index (χ1) is 10.0. The average molecular weight is 371 g/mol. The number of halogens is 2. The summed E-state index contributed by atoms with van der Waals surface area (Å²) in [7, 11) is 2.00. The number of hydrogen-bond acceptors (Lipinski definition) is 2. The first-order valence-electron chi connectivity index (χ1n) is 7.17. The summed E-state index contributed by atoms with van der Waals surface area (Å²) in [6, 6.07) is 8.14. The molecule has 1 atom stereocenters. The van der Waals surface area contributed by atoms with Crippen LogP contribution in [0, 0.1) is 6.92 Å². The van der Waals surface area contributed by atoms with Crippen molar-refractivity contribution in [1.82, 2.24) is 15.1 Å². The zero-order valence-electron chi connectivity index (χ0n) is 12.7. The molecular weight excluding hydrogens is 350 g/mol. The van der Waals surface area contributed by atoms with Crippen molar-refractivity contribution in [3.63, 3.8) is 0 Å². The molecule has 1 N–H and O–H groups in total. The summed E-state index contributed by atoms with van der Waals surface area (Å²) in [6.45, 7) is 6.06. The van der Waals surface area contributed by atoms with Crippen molar-refractivity contribution in [2.45, 2.75) is 26.2 Å². The third-order valence-electron chi connectivity index (χ3n) is 3.68. The number of hydrogen-bond donors (Lipinski definition) is 1. The molecule has 114 valence electrons. The Morgan fingerprint density at radius 2 is 2.00 bits per heavy atom. The second-order valence-electron chi connectivity index (χ2n) is 5.23. The molecule has 0 amide bonds. The molecule has 0 saturated carbocycles. The van der Waals surface area contributed by atoms with Gasteiger partial charge in [0.25, 0.3) is 0 Å². The molecule has 21 heavy (non-hydrogen) atoms.